The molecule has 0 radical (unpaired) electrons. The maximum atomic E-state index is 10.4. The maximum Gasteiger partial charge on any atom is 0.217 e. The summed E-state index contributed by atoms with van der Waals surface area (Å²) in [5.74, 6) is -0.237. The molecule has 1 heterocycles. The molecule has 0 unspecified atom stereocenters. The van der Waals surface area contributed by atoms with Crippen LogP contribution < -0.4 is 5.73 Å². The number of hydrogen-bond acceptors (Lipinski definition) is 2. The highest BCUT2D eigenvalue weighted by molar-refractivity contribution is 5.73. The van der Waals surface area contributed by atoms with Gasteiger partial charge in [-0.15, -0.1) is 0 Å². The van der Waals surface area contributed by atoms with Gasteiger partial charge in [0.25, 0.3) is 0 Å². The molecule has 0 aliphatic rings. The van der Waals surface area contributed by atoms with Gasteiger partial charge in [-0.1, -0.05) is 6.07 Å². The number of aromatic nitrogens is 1. The number of nitrogens with two attached hydrogens (primary N) is 1. The lowest BCUT2D eigenvalue weighted by atomic mass is 10.1. The predicted octanol–water partition coefficient (Wildman–Crippen LogP) is 0.890. The van der Waals surface area contributed by atoms with Gasteiger partial charge in [-0.05, 0) is 24.5 Å². The highest BCUT2D eigenvalue weighted by atomic mass is 16.1. The second-order valence-electron chi connectivity index (χ2n) is 2.68. The van der Waals surface area contributed by atoms with E-state index in [4.69, 9.17) is 5.73 Å². The summed E-state index contributed by atoms with van der Waals surface area (Å²) in [5, 5.41) is 0. The van der Waals surface area contributed by atoms with Crippen molar-refractivity contribution in [3.8, 4) is 0 Å². The molecule has 12 heavy (non-hydrogen) atoms. The molecule has 3 heteroatoms. The third kappa shape index (κ3) is 3.14. The summed E-state index contributed by atoms with van der Waals surface area (Å²) in [7, 11) is 0. The van der Waals surface area contributed by atoms with Crippen molar-refractivity contribution in [2.24, 2.45) is 5.73 Å². The summed E-state index contributed by atoms with van der Waals surface area (Å²) in [6, 6.07) is 3.88. The number of nitrogens with zero attached hydrogens (tertiary/aromatic N) is 1. The number of carbonyl (C=O) groups is 1. The molecule has 0 aliphatic carbocycles. The minimum absolute atomic E-state index is 0.237. The monoisotopic (exact) mass is 164 g/mol. The van der Waals surface area contributed by atoms with Crippen LogP contribution in [0.1, 0.15) is 18.4 Å². The number of amides is 1. The maximum absolute atomic E-state index is 10.4. The van der Waals surface area contributed by atoms with Gasteiger partial charge in [-0.3, -0.25) is 9.78 Å². The molecule has 1 aromatic heterocycles. The molecule has 0 saturated heterocycles. The van der Waals surface area contributed by atoms with Crippen molar-refractivity contribution in [3.05, 3.63) is 30.1 Å². The Hall–Kier alpha value is -1.38. The Morgan fingerprint density at radius 2 is 2.42 bits per heavy atom. The second kappa shape index (κ2) is 4.49. The number of aryl methyl sites for hydroxylation is 1. The topological polar surface area (TPSA) is 56.0 Å². The molecule has 0 saturated carbocycles. The zero-order valence-electron chi connectivity index (χ0n) is 6.86. The first-order valence-electron chi connectivity index (χ1n) is 3.96. The summed E-state index contributed by atoms with van der Waals surface area (Å²) < 4.78 is 0. The zero-order chi connectivity index (χ0) is 8.81. The molecule has 0 atom stereocenters. The summed E-state index contributed by atoms with van der Waals surface area (Å²) >= 11 is 0. The van der Waals surface area contributed by atoms with Gasteiger partial charge in [0.2, 0.25) is 5.91 Å². The van der Waals surface area contributed by atoms with Gasteiger partial charge < -0.3 is 5.73 Å². The Balaban J connectivity index is 2.29. The van der Waals surface area contributed by atoms with E-state index in [1.807, 2.05) is 12.1 Å². The fourth-order valence-corrected chi connectivity index (χ4v) is 1.01. The Kier molecular flexibility index (Phi) is 3.26. The fourth-order valence-electron chi connectivity index (χ4n) is 1.01. The van der Waals surface area contributed by atoms with Crippen molar-refractivity contribution in [2.75, 3.05) is 0 Å². The summed E-state index contributed by atoms with van der Waals surface area (Å²) in [5.41, 5.74) is 6.15. The van der Waals surface area contributed by atoms with E-state index in [0.717, 1.165) is 18.4 Å². The quantitative estimate of drug-likeness (QED) is 0.718. The fraction of sp³-hybridized carbons (Fsp3) is 0.333. The van der Waals surface area contributed by atoms with Gasteiger partial charge in [0.15, 0.2) is 0 Å². The predicted molar refractivity (Wildman–Crippen MR) is 46.4 cm³/mol. The van der Waals surface area contributed by atoms with Crippen LogP contribution in [0.15, 0.2) is 24.5 Å². The van der Waals surface area contributed by atoms with Crippen LogP contribution in [0.3, 0.4) is 0 Å². The third-order valence-electron chi connectivity index (χ3n) is 1.61. The summed E-state index contributed by atoms with van der Waals surface area (Å²) in [4.78, 5) is 14.4. The Labute approximate surface area is 71.6 Å². The smallest absolute Gasteiger partial charge is 0.217 e. The number of carbonyl (C=O) groups excluding carboxylic acids is 1. The number of hydrogen-bond donors (Lipinski definition) is 1. The van der Waals surface area contributed by atoms with Crippen molar-refractivity contribution >= 4 is 5.91 Å². The van der Waals surface area contributed by atoms with Crippen molar-refractivity contribution < 1.29 is 4.79 Å². The lowest BCUT2D eigenvalue weighted by molar-refractivity contribution is -0.118. The highest BCUT2D eigenvalue weighted by Gasteiger charge is 1.95. The van der Waals surface area contributed by atoms with Crippen molar-refractivity contribution in [2.45, 2.75) is 19.3 Å². The second-order valence-corrected chi connectivity index (χ2v) is 2.68. The van der Waals surface area contributed by atoms with Crippen LogP contribution in [-0.2, 0) is 11.2 Å². The van der Waals surface area contributed by atoms with Crippen LogP contribution in [0.4, 0.5) is 0 Å². The van der Waals surface area contributed by atoms with Gasteiger partial charge in [-0.25, -0.2) is 0 Å². The molecule has 1 rings (SSSR count). The molecular weight excluding hydrogens is 152 g/mol. The van der Waals surface area contributed by atoms with Crippen LogP contribution in [0.2, 0.25) is 0 Å². The van der Waals surface area contributed by atoms with Gasteiger partial charge in [0.05, 0.1) is 0 Å². The largest absolute Gasteiger partial charge is 0.370 e. The van der Waals surface area contributed by atoms with Crippen LogP contribution in [0.25, 0.3) is 0 Å². The van der Waals surface area contributed by atoms with Crippen molar-refractivity contribution in [1.82, 2.24) is 4.98 Å². The van der Waals surface area contributed by atoms with Crippen molar-refractivity contribution in [3.63, 3.8) is 0 Å². The SMILES string of the molecule is NC(=O)CCCc1cccnc1. The lowest BCUT2D eigenvalue weighted by Crippen LogP contribution is -2.10. The first-order chi connectivity index (χ1) is 5.79. The molecule has 1 amide bonds. The molecule has 0 fully saturated rings. The molecular formula is C9H12N2O. The lowest BCUT2D eigenvalue weighted by Gasteiger charge is -1.97. The Morgan fingerprint density at radius 1 is 1.58 bits per heavy atom. The molecule has 2 N–H and O–H groups in total. The number of pyridine rings is 1. The zero-order valence-corrected chi connectivity index (χ0v) is 6.86. The molecule has 64 valence electrons. The van der Waals surface area contributed by atoms with E-state index in [9.17, 15) is 4.79 Å². The molecule has 0 aromatic carbocycles. The molecule has 0 bridgehead atoms. The Morgan fingerprint density at radius 3 is 3.00 bits per heavy atom. The molecule has 0 aliphatic heterocycles. The molecule has 3 nitrogen and oxygen atoms in total. The van der Waals surface area contributed by atoms with Gasteiger partial charge >= 0.3 is 0 Å². The number of primary amides is 1. The minimum Gasteiger partial charge on any atom is -0.370 e. The first-order valence-corrected chi connectivity index (χ1v) is 3.96. The normalized spacial score (nSPS) is 9.67. The Bertz CT molecular complexity index is 246. The van der Waals surface area contributed by atoms with E-state index in [1.165, 1.54) is 0 Å². The standard InChI is InChI=1S/C9H12N2O/c10-9(12)5-1-3-8-4-2-6-11-7-8/h2,4,6-7H,1,3,5H2,(H2,10,12). The van der Waals surface area contributed by atoms with E-state index in [2.05, 4.69) is 4.98 Å². The van der Waals surface area contributed by atoms with E-state index in [0.29, 0.717) is 6.42 Å². The third-order valence-corrected chi connectivity index (χ3v) is 1.61. The number of rotatable bonds is 4. The van der Waals surface area contributed by atoms with E-state index < -0.39 is 0 Å². The van der Waals surface area contributed by atoms with Gasteiger partial charge in [-0.2, -0.15) is 0 Å². The summed E-state index contributed by atoms with van der Waals surface area (Å²) in [6.07, 6.45) is 5.67. The van der Waals surface area contributed by atoms with Crippen LogP contribution in [-0.4, -0.2) is 10.9 Å². The van der Waals surface area contributed by atoms with E-state index >= 15 is 0 Å². The average molecular weight is 164 g/mol. The van der Waals surface area contributed by atoms with Crippen molar-refractivity contribution in [1.29, 1.82) is 0 Å². The summed E-state index contributed by atoms with van der Waals surface area (Å²) in [6.45, 7) is 0. The highest BCUT2D eigenvalue weighted by Crippen LogP contribution is 2.01. The van der Waals surface area contributed by atoms with Crippen LogP contribution >= 0.6 is 0 Å². The minimum atomic E-state index is -0.237. The average Bonchev–Trinajstić information content (AvgIpc) is 2.05. The van der Waals surface area contributed by atoms with E-state index in [-0.39, 0.29) is 5.91 Å². The first kappa shape index (κ1) is 8.71. The van der Waals surface area contributed by atoms with Gasteiger partial charge in [0.1, 0.15) is 0 Å². The van der Waals surface area contributed by atoms with Crippen LogP contribution in [0, 0.1) is 0 Å². The molecule has 1 aromatic rings. The van der Waals surface area contributed by atoms with Crippen LogP contribution in [0.5, 0.6) is 0 Å². The van der Waals surface area contributed by atoms with Gasteiger partial charge in [0, 0.05) is 18.8 Å². The molecule has 0 spiro atoms. The van der Waals surface area contributed by atoms with E-state index in [1.54, 1.807) is 12.4 Å².